The fourth-order valence-electron chi connectivity index (χ4n) is 1.91. The Morgan fingerprint density at radius 1 is 0.958 bits per heavy atom. The van der Waals surface area contributed by atoms with Crippen LogP contribution in [-0.2, 0) is 4.74 Å². The van der Waals surface area contributed by atoms with Gasteiger partial charge in [0.1, 0.15) is 0 Å². The van der Waals surface area contributed by atoms with Gasteiger partial charge in [-0.1, -0.05) is 39.0 Å². The zero-order valence-corrected chi connectivity index (χ0v) is 13.9. The minimum absolute atomic E-state index is 0.0231. The molecule has 132 valence electrons. The summed E-state index contributed by atoms with van der Waals surface area (Å²) in [5.74, 6) is -1.13. The summed E-state index contributed by atoms with van der Waals surface area (Å²) in [5.41, 5.74) is 0. The van der Waals surface area contributed by atoms with Crippen molar-refractivity contribution in [3.63, 3.8) is 0 Å². The van der Waals surface area contributed by atoms with E-state index in [0.29, 0.717) is 6.61 Å². The van der Waals surface area contributed by atoms with Gasteiger partial charge in [0.15, 0.2) is 0 Å². The van der Waals surface area contributed by atoms with E-state index in [1.165, 1.54) is 50.3 Å². The molecule has 0 saturated carbocycles. The lowest BCUT2D eigenvalue weighted by atomic mass is 10.1. The van der Waals surface area contributed by atoms with E-state index in [-0.39, 0.29) is 17.5 Å². The molecule has 6 nitrogen and oxygen atoms in total. The molecule has 0 bridgehead atoms. The number of carboxylic acids is 1. The predicted octanol–water partition coefficient (Wildman–Crippen LogP) is 4.77. The minimum atomic E-state index is -1.03. The molecule has 0 aromatic carbocycles. The van der Waals surface area contributed by atoms with Gasteiger partial charge < -0.3 is 18.7 Å². The summed E-state index contributed by atoms with van der Waals surface area (Å²) in [6.45, 7) is 2.69. The quantitative estimate of drug-likeness (QED) is 0.524. The van der Waals surface area contributed by atoms with Crippen molar-refractivity contribution < 1.29 is 28.3 Å². The third-order valence-corrected chi connectivity index (χ3v) is 3.19. The van der Waals surface area contributed by atoms with Crippen LogP contribution in [0.25, 0.3) is 0 Å². The molecule has 0 aliphatic heterocycles. The largest absolute Gasteiger partial charge is 0.475 e. The van der Waals surface area contributed by atoms with Gasteiger partial charge in [0.2, 0.25) is 11.5 Å². The molecule has 6 heteroatoms. The summed E-state index contributed by atoms with van der Waals surface area (Å²) in [5, 5.41) is 8.18. The van der Waals surface area contributed by atoms with Crippen molar-refractivity contribution in [3.8, 4) is 0 Å². The lowest BCUT2D eigenvalue weighted by molar-refractivity contribution is 0.0461. The van der Waals surface area contributed by atoms with Crippen LogP contribution in [0.15, 0.2) is 45.6 Å². The van der Waals surface area contributed by atoms with Crippen LogP contribution in [0.4, 0.5) is 0 Å². The molecule has 2 aromatic heterocycles. The van der Waals surface area contributed by atoms with Crippen LogP contribution in [0.2, 0.25) is 0 Å². The Morgan fingerprint density at radius 3 is 2.04 bits per heavy atom. The zero-order valence-electron chi connectivity index (χ0n) is 13.9. The maximum absolute atomic E-state index is 11.3. The number of unbranched alkanes of at least 4 members (excludes halogenated alkanes) is 5. The van der Waals surface area contributed by atoms with E-state index >= 15 is 0 Å². The van der Waals surface area contributed by atoms with Crippen molar-refractivity contribution >= 4 is 11.9 Å². The highest BCUT2D eigenvalue weighted by molar-refractivity contribution is 5.86. The van der Waals surface area contributed by atoms with E-state index in [4.69, 9.17) is 14.3 Å². The molecular formula is C18H24O6. The number of rotatable bonds is 9. The van der Waals surface area contributed by atoms with Crippen LogP contribution in [0.3, 0.4) is 0 Å². The van der Waals surface area contributed by atoms with Gasteiger partial charge in [0.05, 0.1) is 19.1 Å². The van der Waals surface area contributed by atoms with Crippen LogP contribution >= 0.6 is 0 Å². The molecule has 2 rings (SSSR count). The van der Waals surface area contributed by atoms with Crippen molar-refractivity contribution in [2.45, 2.75) is 45.4 Å². The van der Waals surface area contributed by atoms with E-state index in [1.807, 2.05) is 0 Å². The maximum Gasteiger partial charge on any atom is 0.374 e. The highest BCUT2D eigenvalue weighted by atomic mass is 16.5. The van der Waals surface area contributed by atoms with E-state index in [0.717, 1.165) is 12.8 Å². The van der Waals surface area contributed by atoms with Gasteiger partial charge in [-0.05, 0) is 30.7 Å². The summed E-state index contributed by atoms with van der Waals surface area (Å²) in [6.07, 6.45) is 9.93. The molecule has 0 atom stereocenters. The van der Waals surface area contributed by atoms with E-state index in [2.05, 4.69) is 11.3 Å². The van der Waals surface area contributed by atoms with Gasteiger partial charge in [-0.2, -0.15) is 0 Å². The molecular weight excluding hydrogens is 312 g/mol. The predicted molar refractivity (Wildman–Crippen MR) is 88.0 cm³/mol. The number of furan rings is 2. The average Bonchev–Trinajstić information content (AvgIpc) is 3.27. The number of hydrogen-bond donors (Lipinski definition) is 1. The molecule has 0 aliphatic rings. The number of carbonyl (C=O) groups excluding carboxylic acids is 1. The first-order valence-electron chi connectivity index (χ1n) is 8.12. The molecule has 2 aromatic rings. The molecule has 0 aliphatic carbocycles. The normalized spacial score (nSPS) is 9.88. The minimum Gasteiger partial charge on any atom is -0.475 e. The van der Waals surface area contributed by atoms with E-state index < -0.39 is 5.97 Å². The molecule has 2 heterocycles. The van der Waals surface area contributed by atoms with Crippen LogP contribution in [0.1, 0.15) is 66.6 Å². The second kappa shape index (κ2) is 12.0. The number of carbonyl (C=O) groups is 2. The summed E-state index contributed by atoms with van der Waals surface area (Å²) in [4.78, 5) is 21.3. The Balaban J connectivity index is 0.000000300. The molecule has 0 spiro atoms. The van der Waals surface area contributed by atoms with Crippen molar-refractivity contribution in [1.82, 2.24) is 0 Å². The fraction of sp³-hybridized carbons (Fsp3) is 0.444. The SMILES string of the molecule is CCCCCCCCOC(=O)c1ccco1.O=C(O)c1ccco1. The van der Waals surface area contributed by atoms with E-state index in [1.54, 1.807) is 12.1 Å². The van der Waals surface area contributed by atoms with Crippen molar-refractivity contribution in [3.05, 3.63) is 48.3 Å². The molecule has 0 unspecified atom stereocenters. The number of carboxylic acid groups (broad SMARTS) is 1. The Labute approximate surface area is 141 Å². The third-order valence-electron chi connectivity index (χ3n) is 3.19. The van der Waals surface area contributed by atoms with Gasteiger partial charge in [-0.15, -0.1) is 0 Å². The number of esters is 1. The second-order valence-corrected chi connectivity index (χ2v) is 5.16. The molecule has 0 amide bonds. The Morgan fingerprint density at radius 2 is 1.54 bits per heavy atom. The van der Waals surface area contributed by atoms with Crippen LogP contribution in [-0.4, -0.2) is 23.7 Å². The third kappa shape index (κ3) is 8.22. The molecule has 0 radical (unpaired) electrons. The lowest BCUT2D eigenvalue weighted by Crippen LogP contribution is -2.05. The summed E-state index contributed by atoms with van der Waals surface area (Å²) >= 11 is 0. The number of hydrogen-bond acceptors (Lipinski definition) is 5. The fourth-order valence-corrected chi connectivity index (χ4v) is 1.91. The molecule has 0 saturated heterocycles. The first-order valence-corrected chi connectivity index (χ1v) is 8.12. The summed E-state index contributed by atoms with van der Waals surface area (Å²) in [6, 6.07) is 6.22. The van der Waals surface area contributed by atoms with E-state index in [9.17, 15) is 9.59 Å². The Bertz CT molecular complexity index is 556. The summed E-state index contributed by atoms with van der Waals surface area (Å²) in [7, 11) is 0. The van der Waals surface area contributed by atoms with Gasteiger partial charge in [-0.25, -0.2) is 9.59 Å². The average molecular weight is 336 g/mol. The number of aromatic carboxylic acids is 1. The maximum atomic E-state index is 11.3. The Hall–Kier alpha value is -2.50. The lowest BCUT2D eigenvalue weighted by Gasteiger charge is -2.02. The van der Waals surface area contributed by atoms with Gasteiger partial charge in [0, 0.05) is 0 Å². The highest BCUT2D eigenvalue weighted by Crippen LogP contribution is 2.06. The van der Waals surface area contributed by atoms with Crippen LogP contribution in [0, 0.1) is 0 Å². The molecule has 0 fully saturated rings. The van der Waals surface area contributed by atoms with Crippen LogP contribution in [0.5, 0.6) is 0 Å². The Kier molecular flexibility index (Phi) is 9.76. The highest BCUT2D eigenvalue weighted by Gasteiger charge is 2.08. The standard InChI is InChI=1S/C13H20O3.C5H4O3/c1-2-3-4-5-6-7-10-16-13(14)12-9-8-11-15-12;6-5(7)4-2-1-3-8-4/h8-9,11H,2-7,10H2,1H3;1-3H,(H,6,7). The smallest absolute Gasteiger partial charge is 0.374 e. The summed E-state index contributed by atoms with van der Waals surface area (Å²) < 4.78 is 14.5. The monoisotopic (exact) mass is 336 g/mol. The number of ether oxygens (including phenoxy) is 1. The topological polar surface area (TPSA) is 89.9 Å². The first-order chi connectivity index (χ1) is 11.6. The van der Waals surface area contributed by atoms with Gasteiger partial charge in [-0.3, -0.25) is 0 Å². The zero-order chi connectivity index (χ0) is 17.6. The first kappa shape index (κ1) is 19.5. The van der Waals surface area contributed by atoms with Crippen molar-refractivity contribution in [2.24, 2.45) is 0 Å². The molecule has 24 heavy (non-hydrogen) atoms. The van der Waals surface area contributed by atoms with Crippen LogP contribution < -0.4 is 0 Å². The molecule has 1 N–H and O–H groups in total. The van der Waals surface area contributed by atoms with Crippen molar-refractivity contribution in [1.29, 1.82) is 0 Å². The van der Waals surface area contributed by atoms with Gasteiger partial charge >= 0.3 is 11.9 Å². The second-order valence-electron chi connectivity index (χ2n) is 5.16. The van der Waals surface area contributed by atoms with Crippen molar-refractivity contribution in [2.75, 3.05) is 6.61 Å². The van der Waals surface area contributed by atoms with Gasteiger partial charge in [0.25, 0.3) is 0 Å².